The summed E-state index contributed by atoms with van der Waals surface area (Å²) in [5.41, 5.74) is 2.22. The van der Waals surface area contributed by atoms with Gasteiger partial charge in [-0.05, 0) is 29.8 Å². The van der Waals surface area contributed by atoms with Crippen LogP contribution in [0.1, 0.15) is 21.5 Å². The summed E-state index contributed by atoms with van der Waals surface area (Å²) in [6.07, 6.45) is 2.30. The minimum absolute atomic E-state index is 0.0747. The average Bonchev–Trinajstić information content (AvgIpc) is 3.17. The van der Waals surface area contributed by atoms with Crippen molar-refractivity contribution in [1.29, 1.82) is 0 Å². The fraction of sp³-hybridized carbons (Fsp3) is 0.333. The van der Waals surface area contributed by atoms with E-state index in [-0.39, 0.29) is 17.9 Å². The SMILES string of the molecule is COCCOc1cc(Br)cc(F)c1C=O.COCCOc1cc(Br)cc2c1C=NC2. The van der Waals surface area contributed by atoms with E-state index < -0.39 is 5.82 Å². The normalized spacial score (nSPS) is 11.5. The van der Waals surface area contributed by atoms with Crippen molar-refractivity contribution in [3.63, 3.8) is 0 Å². The Kier molecular flexibility index (Phi) is 10.4. The molecule has 0 N–H and O–H groups in total. The molecule has 0 unspecified atom stereocenters. The van der Waals surface area contributed by atoms with Crippen LogP contribution in [0.3, 0.4) is 0 Å². The second kappa shape index (κ2) is 12.8. The third-order valence-electron chi connectivity index (χ3n) is 3.94. The smallest absolute Gasteiger partial charge is 0.156 e. The number of benzene rings is 2. The molecule has 1 aliphatic rings. The van der Waals surface area contributed by atoms with E-state index >= 15 is 0 Å². The van der Waals surface area contributed by atoms with Crippen LogP contribution in [-0.2, 0) is 16.0 Å². The molecule has 0 saturated carbocycles. The minimum Gasteiger partial charge on any atom is -0.490 e. The first-order valence-corrected chi connectivity index (χ1v) is 10.6. The van der Waals surface area contributed by atoms with Gasteiger partial charge in [0, 0.05) is 34.9 Å². The molecule has 0 aliphatic carbocycles. The zero-order chi connectivity index (χ0) is 21.9. The number of hydrogen-bond donors (Lipinski definition) is 0. The van der Waals surface area contributed by atoms with E-state index in [2.05, 4.69) is 42.9 Å². The highest BCUT2D eigenvalue weighted by Crippen LogP contribution is 2.30. The number of aliphatic imine (C=N–C) groups is 1. The molecule has 162 valence electrons. The van der Waals surface area contributed by atoms with Crippen molar-refractivity contribution >= 4 is 44.4 Å². The van der Waals surface area contributed by atoms with E-state index in [0.717, 1.165) is 22.3 Å². The van der Waals surface area contributed by atoms with Gasteiger partial charge in [0.2, 0.25) is 0 Å². The van der Waals surface area contributed by atoms with Gasteiger partial charge < -0.3 is 18.9 Å². The summed E-state index contributed by atoms with van der Waals surface area (Å²) >= 11 is 6.58. The zero-order valence-electron chi connectivity index (χ0n) is 16.6. The van der Waals surface area contributed by atoms with E-state index in [4.69, 9.17) is 18.9 Å². The summed E-state index contributed by atoms with van der Waals surface area (Å²) in [4.78, 5) is 14.8. The Hall–Kier alpha value is -1.81. The van der Waals surface area contributed by atoms with Crippen molar-refractivity contribution in [2.24, 2.45) is 4.99 Å². The molecular formula is C21H22Br2FNO5. The maximum atomic E-state index is 13.2. The molecule has 0 fully saturated rings. The molecule has 3 rings (SSSR count). The summed E-state index contributed by atoms with van der Waals surface area (Å²) in [7, 11) is 3.20. The second-order valence-electron chi connectivity index (χ2n) is 6.05. The molecule has 2 aromatic carbocycles. The van der Waals surface area contributed by atoms with Crippen LogP contribution in [0, 0.1) is 5.82 Å². The number of hydrogen-bond acceptors (Lipinski definition) is 6. The molecule has 0 aromatic heterocycles. The van der Waals surface area contributed by atoms with Crippen LogP contribution in [0.15, 0.2) is 38.2 Å². The Labute approximate surface area is 191 Å². The standard InChI is InChI=1S/C11H12BrNO2.C10H10BrFO3/c1-14-2-3-15-11-5-9(12)4-8-6-13-7-10(8)11;1-14-2-3-15-10-5-7(11)4-9(12)8(10)6-13/h4-5,7H,2-3,6H2,1H3;4-6H,2-3H2,1H3. The number of methoxy groups -OCH3 is 2. The van der Waals surface area contributed by atoms with Crippen LogP contribution in [0.4, 0.5) is 4.39 Å². The summed E-state index contributed by atoms with van der Waals surface area (Å²) in [6, 6.07) is 6.80. The number of rotatable bonds is 9. The largest absolute Gasteiger partial charge is 0.490 e. The van der Waals surface area contributed by atoms with Gasteiger partial charge in [0.15, 0.2) is 6.29 Å². The van der Waals surface area contributed by atoms with Gasteiger partial charge in [0.05, 0.1) is 25.3 Å². The van der Waals surface area contributed by atoms with Gasteiger partial charge in [-0.2, -0.15) is 0 Å². The third kappa shape index (κ3) is 7.16. The second-order valence-corrected chi connectivity index (χ2v) is 7.88. The van der Waals surface area contributed by atoms with Gasteiger partial charge in [0.1, 0.15) is 30.5 Å². The topological polar surface area (TPSA) is 66.4 Å². The molecule has 0 atom stereocenters. The number of halogens is 3. The summed E-state index contributed by atoms with van der Waals surface area (Å²) in [6.45, 7) is 2.56. The first-order chi connectivity index (χ1) is 14.5. The van der Waals surface area contributed by atoms with Crippen LogP contribution in [0.2, 0.25) is 0 Å². The molecular weight excluding hydrogens is 525 g/mol. The van der Waals surface area contributed by atoms with E-state index in [1.165, 1.54) is 18.7 Å². The van der Waals surface area contributed by atoms with Gasteiger partial charge in [0.25, 0.3) is 0 Å². The third-order valence-corrected chi connectivity index (χ3v) is 4.85. The van der Waals surface area contributed by atoms with E-state index in [1.54, 1.807) is 13.2 Å². The predicted molar refractivity (Wildman–Crippen MR) is 120 cm³/mol. The fourth-order valence-electron chi connectivity index (χ4n) is 2.54. The maximum Gasteiger partial charge on any atom is 0.156 e. The van der Waals surface area contributed by atoms with Crippen molar-refractivity contribution < 1.29 is 28.1 Å². The van der Waals surface area contributed by atoms with E-state index in [0.29, 0.717) is 30.6 Å². The summed E-state index contributed by atoms with van der Waals surface area (Å²) in [5.74, 6) is 0.485. The molecule has 30 heavy (non-hydrogen) atoms. The number of carbonyl (C=O) groups is 1. The van der Waals surface area contributed by atoms with Crippen molar-refractivity contribution in [2.75, 3.05) is 40.6 Å². The molecule has 0 amide bonds. The van der Waals surface area contributed by atoms with Crippen molar-refractivity contribution in [2.45, 2.75) is 6.54 Å². The van der Waals surface area contributed by atoms with Gasteiger partial charge in [-0.25, -0.2) is 4.39 Å². The number of ether oxygens (including phenoxy) is 4. The Bertz CT molecular complexity index is 872. The predicted octanol–water partition coefficient (Wildman–Crippen LogP) is 4.83. The minimum atomic E-state index is -0.605. The van der Waals surface area contributed by atoms with Gasteiger partial charge >= 0.3 is 0 Å². The molecule has 0 spiro atoms. The highest BCUT2D eigenvalue weighted by molar-refractivity contribution is 9.10. The Morgan fingerprint density at radius 3 is 2.20 bits per heavy atom. The maximum absolute atomic E-state index is 13.2. The molecule has 0 bridgehead atoms. The van der Waals surface area contributed by atoms with Crippen LogP contribution in [-0.4, -0.2) is 53.1 Å². The number of fused-ring (bicyclic) bond motifs is 1. The highest BCUT2D eigenvalue weighted by Gasteiger charge is 2.13. The van der Waals surface area contributed by atoms with E-state index in [9.17, 15) is 9.18 Å². The van der Waals surface area contributed by atoms with E-state index in [1.807, 2.05) is 12.3 Å². The number of carbonyl (C=O) groups excluding carboxylic acids is 1. The lowest BCUT2D eigenvalue weighted by molar-refractivity contribution is 0.111. The Balaban J connectivity index is 0.000000214. The number of nitrogens with zero attached hydrogens (tertiary/aromatic N) is 1. The van der Waals surface area contributed by atoms with Crippen LogP contribution >= 0.6 is 31.9 Å². The van der Waals surface area contributed by atoms with Crippen molar-refractivity contribution in [3.05, 3.63) is 55.7 Å². The summed E-state index contributed by atoms with van der Waals surface area (Å²) < 4.78 is 35.4. The first kappa shape index (κ1) is 24.5. The molecule has 9 heteroatoms. The van der Waals surface area contributed by atoms with Crippen molar-refractivity contribution in [3.8, 4) is 11.5 Å². The van der Waals surface area contributed by atoms with Gasteiger partial charge in [-0.3, -0.25) is 9.79 Å². The van der Waals surface area contributed by atoms with Crippen molar-refractivity contribution in [1.82, 2.24) is 0 Å². The van der Waals surface area contributed by atoms with Gasteiger partial charge in [-0.15, -0.1) is 0 Å². The average molecular weight is 547 g/mol. The quantitative estimate of drug-likeness (QED) is 0.333. The van der Waals surface area contributed by atoms with Crippen LogP contribution in [0.5, 0.6) is 11.5 Å². The monoisotopic (exact) mass is 545 g/mol. The molecule has 1 heterocycles. The van der Waals surface area contributed by atoms with Crippen LogP contribution in [0.25, 0.3) is 0 Å². The lowest BCUT2D eigenvalue weighted by Gasteiger charge is -2.09. The highest BCUT2D eigenvalue weighted by atomic mass is 79.9. The Morgan fingerprint density at radius 1 is 0.967 bits per heavy atom. The lowest BCUT2D eigenvalue weighted by atomic mass is 10.1. The first-order valence-electron chi connectivity index (χ1n) is 9.00. The number of aldehydes is 1. The Morgan fingerprint density at radius 2 is 1.57 bits per heavy atom. The molecule has 0 saturated heterocycles. The molecule has 6 nitrogen and oxygen atoms in total. The molecule has 1 aliphatic heterocycles. The lowest BCUT2D eigenvalue weighted by Crippen LogP contribution is -2.06. The summed E-state index contributed by atoms with van der Waals surface area (Å²) in [5, 5.41) is 0. The fourth-order valence-corrected chi connectivity index (χ4v) is 3.44. The molecule has 2 aromatic rings. The van der Waals surface area contributed by atoms with Crippen LogP contribution < -0.4 is 9.47 Å². The molecule has 0 radical (unpaired) electrons. The zero-order valence-corrected chi connectivity index (χ0v) is 19.8. The van der Waals surface area contributed by atoms with Gasteiger partial charge in [-0.1, -0.05) is 31.9 Å².